The van der Waals surface area contributed by atoms with Gasteiger partial charge in [0.1, 0.15) is 5.75 Å². The molecule has 0 heterocycles. The Hall–Kier alpha value is -0.910. The molecule has 1 aromatic rings. The van der Waals surface area contributed by atoms with Crippen LogP contribution in [0.1, 0.15) is 31.9 Å². The van der Waals surface area contributed by atoms with Gasteiger partial charge in [-0.25, -0.2) is 0 Å². The average Bonchev–Trinajstić information content (AvgIpc) is 2.31. The maximum Gasteiger partial charge on any atom is 0.387 e. The molecule has 0 spiro atoms. The van der Waals surface area contributed by atoms with E-state index in [-0.39, 0.29) is 24.4 Å². The Balaban J connectivity index is 2.86. The summed E-state index contributed by atoms with van der Waals surface area (Å²) >= 11 is 5.88. The number of nitrogens with one attached hydrogen (secondary N) is 1. The third kappa shape index (κ3) is 5.30. The van der Waals surface area contributed by atoms with Gasteiger partial charge in [-0.2, -0.15) is 8.78 Å². The fourth-order valence-corrected chi connectivity index (χ4v) is 2.04. The lowest BCUT2D eigenvalue weighted by Gasteiger charge is -2.22. The fourth-order valence-electron chi connectivity index (χ4n) is 1.85. The van der Waals surface area contributed by atoms with Crippen LogP contribution in [0.4, 0.5) is 8.78 Å². The molecular weight excluding hydrogens is 276 g/mol. The van der Waals surface area contributed by atoms with Crippen LogP contribution in [-0.2, 0) is 0 Å². The summed E-state index contributed by atoms with van der Waals surface area (Å²) < 4.78 is 29.2. The molecular formula is C13H18ClF2NO2. The van der Waals surface area contributed by atoms with Gasteiger partial charge in [0.15, 0.2) is 0 Å². The lowest BCUT2D eigenvalue weighted by molar-refractivity contribution is -0.0506. The van der Waals surface area contributed by atoms with Gasteiger partial charge in [-0.3, -0.25) is 0 Å². The Labute approximate surface area is 116 Å². The van der Waals surface area contributed by atoms with Gasteiger partial charge in [-0.15, -0.1) is 0 Å². The summed E-state index contributed by atoms with van der Waals surface area (Å²) in [7, 11) is 0. The van der Waals surface area contributed by atoms with Gasteiger partial charge in [0, 0.05) is 29.3 Å². The van der Waals surface area contributed by atoms with E-state index < -0.39 is 6.61 Å². The number of aliphatic hydroxyl groups excluding tert-OH is 1. The second-order valence-electron chi connectivity index (χ2n) is 4.36. The zero-order valence-electron chi connectivity index (χ0n) is 10.9. The third-order valence-corrected chi connectivity index (χ3v) is 2.99. The van der Waals surface area contributed by atoms with Crippen LogP contribution in [0.3, 0.4) is 0 Å². The molecule has 0 aliphatic rings. The number of hydrogen-bond donors (Lipinski definition) is 2. The molecule has 0 saturated heterocycles. The molecule has 0 radical (unpaired) electrons. The first-order valence-corrected chi connectivity index (χ1v) is 6.43. The van der Waals surface area contributed by atoms with Crippen LogP contribution in [0.15, 0.2) is 18.2 Å². The predicted molar refractivity (Wildman–Crippen MR) is 70.8 cm³/mol. The molecule has 108 valence electrons. The highest BCUT2D eigenvalue weighted by Gasteiger charge is 2.17. The van der Waals surface area contributed by atoms with E-state index >= 15 is 0 Å². The van der Waals surface area contributed by atoms with Crippen LogP contribution in [0.25, 0.3) is 0 Å². The van der Waals surface area contributed by atoms with E-state index in [0.29, 0.717) is 17.0 Å². The Kier molecular flexibility index (Phi) is 6.48. The van der Waals surface area contributed by atoms with E-state index in [4.69, 9.17) is 16.7 Å². The highest BCUT2D eigenvalue weighted by molar-refractivity contribution is 6.30. The first-order valence-electron chi connectivity index (χ1n) is 6.05. The molecule has 6 heteroatoms. The van der Waals surface area contributed by atoms with E-state index in [1.807, 2.05) is 13.8 Å². The second-order valence-corrected chi connectivity index (χ2v) is 4.80. The van der Waals surface area contributed by atoms with E-state index in [2.05, 4.69) is 10.1 Å². The first-order chi connectivity index (χ1) is 8.93. The summed E-state index contributed by atoms with van der Waals surface area (Å²) in [5.41, 5.74) is 0.567. The van der Waals surface area contributed by atoms with E-state index in [1.54, 1.807) is 6.07 Å². The first kappa shape index (κ1) is 16.1. The lowest BCUT2D eigenvalue weighted by Crippen LogP contribution is -2.30. The molecule has 0 fully saturated rings. The summed E-state index contributed by atoms with van der Waals surface area (Å²) in [4.78, 5) is 0. The minimum Gasteiger partial charge on any atom is -0.434 e. The summed E-state index contributed by atoms with van der Waals surface area (Å²) in [6, 6.07) is 4.38. The molecule has 19 heavy (non-hydrogen) atoms. The van der Waals surface area contributed by atoms with Gasteiger partial charge in [-0.1, -0.05) is 11.6 Å². The van der Waals surface area contributed by atoms with Crippen molar-refractivity contribution in [1.82, 2.24) is 5.32 Å². The number of alkyl halides is 2. The van der Waals surface area contributed by atoms with Gasteiger partial charge in [0.05, 0.1) is 0 Å². The molecule has 2 N–H and O–H groups in total. The number of ether oxygens (including phenoxy) is 1. The number of hydrogen-bond acceptors (Lipinski definition) is 3. The minimum absolute atomic E-state index is 0.0541. The van der Waals surface area contributed by atoms with Crippen molar-refractivity contribution in [3.05, 3.63) is 28.8 Å². The highest BCUT2D eigenvalue weighted by atomic mass is 35.5. The van der Waals surface area contributed by atoms with Crippen LogP contribution in [0.5, 0.6) is 5.75 Å². The Morgan fingerprint density at radius 3 is 2.63 bits per heavy atom. The summed E-state index contributed by atoms with van der Waals surface area (Å²) in [5.74, 6) is 0.107. The Morgan fingerprint density at radius 1 is 1.37 bits per heavy atom. The Bertz CT molecular complexity index is 404. The molecule has 0 amide bonds. The quantitative estimate of drug-likeness (QED) is 0.810. The van der Waals surface area contributed by atoms with E-state index in [0.717, 1.165) is 0 Å². The number of benzene rings is 1. The summed E-state index contributed by atoms with van der Waals surface area (Å²) in [6.45, 7) is 0.932. The van der Waals surface area contributed by atoms with Gasteiger partial charge in [0.25, 0.3) is 0 Å². The molecule has 0 aromatic heterocycles. The summed E-state index contributed by atoms with van der Waals surface area (Å²) in [6.07, 6.45) is 0.579. The van der Waals surface area contributed by atoms with Crippen molar-refractivity contribution in [2.75, 3.05) is 6.61 Å². The van der Waals surface area contributed by atoms with Crippen molar-refractivity contribution in [2.45, 2.75) is 39.0 Å². The largest absolute Gasteiger partial charge is 0.434 e. The second kappa shape index (κ2) is 7.62. The molecule has 0 aliphatic carbocycles. The van der Waals surface area contributed by atoms with Gasteiger partial charge in [-0.05, 0) is 38.5 Å². The monoisotopic (exact) mass is 293 g/mol. The van der Waals surface area contributed by atoms with Crippen molar-refractivity contribution >= 4 is 11.6 Å². The van der Waals surface area contributed by atoms with Crippen molar-refractivity contribution in [1.29, 1.82) is 0 Å². The molecule has 2 atom stereocenters. The van der Waals surface area contributed by atoms with Crippen LogP contribution < -0.4 is 10.1 Å². The highest BCUT2D eigenvalue weighted by Crippen LogP contribution is 2.29. The van der Waals surface area contributed by atoms with E-state index in [1.165, 1.54) is 12.1 Å². The van der Waals surface area contributed by atoms with Crippen molar-refractivity contribution in [2.24, 2.45) is 0 Å². The van der Waals surface area contributed by atoms with Gasteiger partial charge >= 0.3 is 6.61 Å². The SMILES string of the molecule is CC(N[C@H](C)CCO)c1cc(Cl)ccc1OC(F)F. The topological polar surface area (TPSA) is 41.5 Å². The molecule has 0 saturated carbocycles. The normalized spacial score (nSPS) is 14.5. The molecule has 0 bridgehead atoms. The smallest absolute Gasteiger partial charge is 0.387 e. The lowest BCUT2D eigenvalue weighted by atomic mass is 10.1. The molecule has 1 rings (SSSR count). The van der Waals surface area contributed by atoms with E-state index in [9.17, 15) is 8.78 Å². The molecule has 0 aliphatic heterocycles. The van der Waals surface area contributed by atoms with Gasteiger partial charge < -0.3 is 15.2 Å². The Morgan fingerprint density at radius 2 is 2.05 bits per heavy atom. The maximum absolute atomic E-state index is 12.3. The zero-order valence-corrected chi connectivity index (χ0v) is 11.6. The predicted octanol–water partition coefficient (Wildman–Crippen LogP) is 3.36. The van der Waals surface area contributed by atoms with Crippen LogP contribution in [-0.4, -0.2) is 24.4 Å². The maximum atomic E-state index is 12.3. The van der Waals surface area contributed by atoms with Crippen LogP contribution in [0.2, 0.25) is 5.02 Å². The number of rotatable bonds is 7. The van der Waals surface area contributed by atoms with Crippen molar-refractivity contribution in [3.63, 3.8) is 0 Å². The molecule has 3 nitrogen and oxygen atoms in total. The third-order valence-electron chi connectivity index (χ3n) is 2.75. The van der Waals surface area contributed by atoms with Crippen LogP contribution >= 0.6 is 11.6 Å². The molecule has 1 unspecified atom stereocenters. The van der Waals surface area contributed by atoms with Crippen molar-refractivity contribution < 1.29 is 18.6 Å². The average molecular weight is 294 g/mol. The minimum atomic E-state index is -2.87. The van der Waals surface area contributed by atoms with Crippen LogP contribution in [0, 0.1) is 0 Å². The van der Waals surface area contributed by atoms with Gasteiger partial charge in [0.2, 0.25) is 0 Å². The summed E-state index contributed by atoms with van der Waals surface area (Å²) in [5, 5.41) is 12.5. The fraction of sp³-hybridized carbons (Fsp3) is 0.538. The standard InChI is InChI=1S/C13H18ClF2NO2/c1-8(5-6-18)17-9(2)11-7-10(14)3-4-12(11)19-13(15)16/h3-4,7-9,13,17-18H,5-6H2,1-2H3/t8-,9?/m1/s1. The molecule has 1 aromatic carbocycles. The number of aliphatic hydroxyl groups is 1. The van der Waals surface area contributed by atoms with Crippen molar-refractivity contribution in [3.8, 4) is 5.75 Å². The number of halogens is 3. The zero-order chi connectivity index (χ0) is 14.4.